The lowest BCUT2D eigenvalue weighted by molar-refractivity contribution is 0.208. The standard InChI is InChI=1S/C14H21N3O/c18-9-11-4-3-7-17(8-11)14-12-5-1-2-6-13(12)15-10-16-14/h10-11,18H,1-9H2. The fraction of sp³-hybridized carbons (Fsp3) is 0.714. The fourth-order valence-electron chi connectivity index (χ4n) is 3.18. The van der Waals surface area contributed by atoms with E-state index in [0.717, 1.165) is 44.6 Å². The number of hydrogen-bond donors (Lipinski definition) is 1. The molecule has 1 N–H and O–H groups in total. The molecule has 1 aromatic heterocycles. The van der Waals surface area contributed by atoms with E-state index in [4.69, 9.17) is 0 Å². The quantitative estimate of drug-likeness (QED) is 0.861. The topological polar surface area (TPSA) is 49.2 Å². The van der Waals surface area contributed by atoms with E-state index >= 15 is 0 Å². The monoisotopic (exact) mass is 247 g/mol. The van der Waals surface area contributed by atoms with E-state index in [2.05, 4.69) is 14.9 Å². The molecule has 0 radical (unpaired) electrons. The average molecular weight is 247 g/mol. The van der Waals surface area contributed by atoms with Crippen molar-refractivity contribution >= 4 is 5.82 Å². The van der Waals surface area contributed by atoms with Crippen molar-refractivity contribution in [2.24, 2.45) is 5.92 Å². The lowest BCUT2D eigenvalue weighted by atomic mass is 9.94. The van der Waals surface area contributed by atoms with Crippen molar-refractivity contribution in [1.82, 2.24) is 9.97 Å². The van der Waals surface area contributed by atoms with Crippen molar-refractivity contribution in [3.63, 3.8) is 0 Å². The number of aromatic nitrogens is 2. The molecule has 1 aliphatic carbocycles. The zero-order valence-electron chi connectivity index (χ0n) is 10.8. The van der Waals surface area contributed by atoms with Gasteiger partial charge in [0.25, 0.3) is 0 Å². The van der Waals surface area contributed by atoms with Crippen LogP contribution in [0.3, 0.4) is 0 Å². The Morgan fingerprint density at radius 2 is 2.11 bits per heavy atom. The van der Waals surface area contributed by atoms with Crippen LogP contribution in [0.4, 0.5) is 5.82 Å². The average Bonchev–Trinajstić information content (AvgIpc) is 2.47. The Morgan fingerprint density at radius 1 is 1.22 bits per heavy atom. The van der Waals surface area contributed by atoms with Gasteiger partial charge in [0.05, 0.1) is 0 Å². The third-order valence-corrected chi connectivity index (χ3v) is 4.18. The highest BCUT2D eigenvalue weighted by atomic mass is 16.3. The molecule has 1 saturated heterocycles. The summed E-state index contributed by atoms with van der Waals surface area (Å²) in [4.78, 5) is 11.3. The summed E-state index contributed by atoms with van der Waals surface area (Å²) in [6.45, 7) is 2.31. The molecule has 1 fully saturated rings. The molecule has 4 nitrogen and oxygen atoms in total. The maximum atomic E-state index is 9.33. The van der Waals surface area contributed by atoms with E-state index in [1.807, 2.05) is 0 Å². The van der Waals surface area contributed by atoms with Gasteiger partial charge in [-0.05, 0) is 44.4 Å². The van der Waals surface area contributed by atoms with Crippen molar-refractivity contribution in [3.05, 3.63) is 17.6 Å². The number of hydrogen-bond acceptors (Lipinski definition) is 4. The van der Waals surface area contributed by atoms with Crippen LogP contribution in [0, 0.1) is 5.92 Å². The van der Waals surface area contributed by atoms with E-state index in [1.54, 1.807) is 6.33 Å². The third kappa shape index (κ3) is 2.21. The minimum atomic E-state index is 0.295. The molecular weight excluding hydrogens is 226 g/mol. The molecule has 1 aromatic rings. The van der Waals surface area contributed by atoms with Gasteiger partial charge >= 0.3 is 0 Å². The minimum Gasteiger partial charge on any atom is -0.396 e. The second kappa shape index (κ2) is 5.22. The van der Waals surface area contributed by atoms with E-state index in [0.29, 0.717) is 12.5 Å². The molecule has 1 atom stereocenters. The number of aliphatic hydroxyl groups excluding tert-OH is 1. The van der Waals surface area contributed by atoms with Gasteiger partial charge < -0.3 is 10.0 Å². The van der Waals surface area contributed by atoms with E-state index in [-0.39, 0.29) is 0 Å². The largest absolute Gasteiger partial charge is 0.396 e. The van der Waals surface area contributed by atoms with Gasteiger partial charge in [0.15, 0.2) is 0 Å². The Morgan fingerprint density at radius 3 is 3.00 bits per heavy atom. The van der Waals surface area contributed by atoms with Gasteiger partial charge in [-0.25, -0.2) is 9.97 Å². The molecule has 0 bridgehead atoms. The summed E-state index contributed by atoms with van der Waals surface area (Å²) in [7, 11) is 0. The van der Waals surface area contributed by atoms with Gasteiger partial charge in [-0.3, -0.25) is 0 Å². The van der Waals surface area contributed by atoms with Crippen molar-refractivity contribution in [3.8, 4) is 0 Å². The lowest BCUT2D eigenvalue weighted by Gasteiger charge is -2.34. The first-order chi connectivity index (χ1) is 8.88. The summed E-state index contributed by atoms with van der Waals surface area (Å²) >= 11 is 0. The molecule has 0 saturated carbocycles. The zero-order valence-corrected chi connectivity index (χ0v) is 10.8. The first-order valence-electron chi connectivity index (χ1n) is 7.07. The summed E-state index contributed by atoms with van der Waals surface area (Å²) in [5, 5.41) is 9.33. The molecule has 2 aliphatic rings. The Kier molecular flexibility index (Phi) is 3.46. The van der Waals surface area contributed by atoms with Crippen LogP contribution in [0.15, 0.2) is 6.33 Å². The summed E-state index contributed by atoms with van der Waals surface area (Å²) in [6, 6.07) is 0. The molecule has 3 rings (SSSR count). The fourth-order valence-corrected chi connectivity index (χ4v) is 3.18. The predicted octanol–water partition coefficient (Wildman–Crippen LogP) is 1.56. The normalized spacial score (nSPS) is 23.8. The highest BCUT2D eigenvalue weighted by Crippen LogP contribution is 2.29. The minimum absolute atomic E-state index is 0.295. The molecule has 1 unspecified atom stereocenters. The lowest BCUT2D eigenvalue weighted by Crippen LogP contribution is -2.38. The molecule has 18 heavy (non-hydrogen) atoms. The van der Waals surface area contributed by atoms with Gasteiger partial charge in [0.1, 0.15) is 12.1 Å². The van der Waals surface area contributed by atoms with Crippen LogP contribution in [-0.4, -0.2) is 34.8 Å². The summed E-state index contributed by atoms with van der Waals surface area (Å²) in [5.74, 6) is 1.55. The van der Waals surface area contributed by atoms with Crippen LogP contribution in [-0.2, 0) is 12.8 Å². The first-order valence-corrected chi connectivity index (χ1v) is 7.07. The van der Waals surface area contributed by atoms with Gasteiger partial charge in [0, 0.05) is 31.0 Å². The van der Waals surface area contributed by atoms with Gasteiger partial charge in [0.2, 0.25) is 0 Å². The summed E-state index contributed by atoms with van der Waals surface area (Å²) < 4.78 is 0. The molecule has 98 valence electrons. The number of piperidine rings is 1. The number of fused-ring (bicyclic) bond motifs is 1. The van der Waals surface area contributed by atoms with Crippen molar-refractivity contribution in [2.75, 3.05) is 24.6 Å². The van der Waals surface area contributed by atoms with Gasteiger partial charge in [-0.1, -0.05) is 0 Å². The Balaban J connectivity index is 1.87. The molecule has 1 aliphatic heterocycles. The molecular formula is C14H21N3O. The SMILES string of the molecule is OCC1CCCN(c2ncnc3c2CCCC3)C1. The van der Waals surface area contributed by atoms with E-state index in [1.165, 1.54) is 24.1 Å². The number of aliphatic hydroxyl groups is 1. The van der Waals surface area contributed by atoms with Crippen LogP contribution >= 0.6 is 0 Å². The highest BCUT2D eigenvalue weighted by molar-refractivity contribution is 5.49. The molecule has 4 heteroatoms. The summed E-state index contributed by atoms with van der Waals surface area (Å²) in [6.07, 6.45) is 8.73. The van der Waals surface area contributed by atoms with Crippen LogP contribution in [0.1, 0.15) is 36.9 Å². The van der Waals surface area contributed by atoms with E-state index in [9.17, 15) is 5.11 Å². The first kappa shape index (κ1) is 11.9. The Bertz CT molecular complexity index is 422. The zero-order chi connectivity index (χ0) is 12.4. The second-order valence-corrected chi connectivity index (χ2v) is 5.47. The van der Waals surface area contributed by atoms with Gasteiger partial charge in [-0.2, -0.15) is 0 Å². The van der Waals surface area contributed by atoms with Crippen molar-refractivity contribution < 1.29 is 5.11 Å². The van der Waals surface area contributed by atoms with Crippen LogP contribution in [0.2, 0.25) is 0 Å². The third-order valence-electron chi connectivity index (χ3n) is 4.18. The van der Waals surface area contributed by atoms with Gasteiger partial charge in [-0.15, -0.1) is 0 Å². The van der Waals surface area contributed by atoms with Crippen LogP contribution < -0.4 is 4.90 Å². The Hall–Kier alpha value is -1.16. The maximum Gasteiger partial charge on any atom is 0.135 e. The number of nitrogens with zero attached hydrogens (tertiary/aromatic N) is 3. The van der Waals surface area contributed by atoms with Crippen molar-refractivity contribution in [1.29, 1.82) is 0 Å². The van der Waals surface area contributed by atoms with Crippen LogP contribution in [0.5, 0.6) is 0 Å². The smallest absolute Gasteiger partial charge is 0.135 e. The molecule has 0 amide bonds. The van der Waals surface area contributed by atoms with Crippen molar-refractivity contribution in [2.45, 2.75) is 38.5 Å². The maximum absolute atomic E-state index is 9.33. The van der Waals surface area contributed by atoms with Crippen LogP contribution in [0.25, 0.3) is 0 Å². The number of anilines is 1. The summed E-state index contributed by atoms with van der Waals surface area (Å²) in [5.41, 5.74) is 2.61. The number of rotatable bonds is 2. The predicted molar refractivity (Wildman–Crippen MR) is 70.7 cm³/mol. The second-order valence-electron chi connectivity index (χ2n) is 5.47. The van der Waals surface area contributed by atoms with E-state index < -0.39 is 0 Å². The Labute approximate surface area is 108 Å². The molecule has 0 spiro atoms. The number of aryl methyl sites for hydroxylation is 1. The molecule has 2 heterocycles. The highest BCUT2D eigenvalue weighted by Gasteiger charge is 2.24. The molecule has 0 aromatic carbocycles.